The summed E-state index contributed by atoms with van der Waals surface area (Å²) in [4.78, 5) is 23.1. The first-order valence-corrected chi connectivity index (χ1v) is 28.4. The van der Waals surface area contributed by atoms with Crippen LogP contribution in [0.1, 0.15) is 73.5 Å². The number of hydrogen-bond acceptors (Lipinski definition) is 10. The number of rotatable bonds is 17. The van der Waals surface area contributed by atoms with Crippen molar-refractivity contribution in [3.63, 3.8) is 0 Å². The Hall–Kier alpha value is -5.28. The lowest BCUT2D eigenvalue weighted by Crippen LogP contribution is -2.46. The molecule has 0 bridgehead atoms. The predicted molar refractivity (Wildman–Crippen MR) is 297 cm³/mol. The molecule has 4 N–H and O–H groups in total. The normalized spacial score (nSPS) is 19.6. The standard InChI is InChI=1S/C58H69ClN6O5S2/c1-40-37-52(21-22-53(40)60-47(39-71-51-11-6-5-7-12-51)25-30-63-31-26-50(66)27-32-63)72(69,70)61-46-17-19-48(20-18-46)64-33-35-65(36-34-64)49-10-8-9-44(38-49)55-54(57(67)43-23-28-58(3,68)29-24-43)41(2)62(4)56(55)42-13-15-45(59)16-14-42/h5-22,37-38,43,47,50,60-61,66,68H,23-36,39H2,1-4H3/t43?,47-,58?/m1/s1. The van der Waals surface area contributed by atoms with Crippen LogP contribution in [0.2, 0.25) is 5.02 Å². The van der Waals surface area contributed by atoms with Crippen LogP contribution < -0.4 is 19.8 Å². The number of aryl methyl sites for hydroxylation is 1. The summed E-state index contributed by atoms with van der Waals surface area (Å²) in [7, 11) is -1.83. The quantitative estimate of drug-likeness (QED) is 0.0517. The average molecular weight is 1030 g/mol. The summed E-state index contributed by atoms with van der Waals surface area (Å²) >= 11 is 8.17. The molecule has 72 heavy (non-hydrogen) atoms. The molecular formula is C58H69ClN6O5S2. The molecule has 3 fully saturated rings. The number of sulfonamides is 1. The Morgan fingerprint density at radius 1 is 0.792 bits per heavy atom. The van der Waals surface area contributed by atoms with Crippen molar-refractivity contribution in [1.82, 2.24) is 9.47 Å². The molecule has 1 aliphatic carbocycles. The molecule has 2 saturated heterocycles. The fourth-order valence-corrected chi connectivity index (χ4v) is 12.9. The second kappa shape index (κ2) is 22.5. The second-order valence-electron chi connectivity index (χ2n) is 20.4. The first-order valence-electron chi connectivity index (χ1n) is 25.5. The number of Topliss-reactive ketones (excluding diaryl/α,β-unsaturated/α-hetero) is 1. The van der Waals surface area contributed by atoms with E-state index >= 15 is 0 Å². The number of aliphatic hydroxyl groups excluding tert-OH is 1. The van der Waals surface area contributed by atoms with Gasteiger partial charge < -0.3 is 34.8 Å². The number of ketones is 1. The highest BCUT2D eigenvalue weighted by atomic mass is 35.5. The number of aliphatic hydroxyl groups is 2. The van der Waals surface area contributed by atoms with E-state index < -0.39 is 15.6 Å². The molecular weight excluding hydrogens is 960 g/mol. The van der Waals surface area contributed by atoms with Gasteiger partial charge in [0.05, 0.1) is 22.3 Å². The van der Waals surface area contributed by atoms with Gasteiger partial charge in [0.1, 0.15) is 0 Å². The van der Waals surface area contributed by atoms with Crippen molar-refractivity contribution in [2.75, 3.05) is 71.4 Å². The number of anilines is 4. The Labute approximate surface area is 435 Å². The third-order valence-electron chi connectivity index (χ3n) is 15.2. The molecule has 0 spiro atoms. The Balaban J connectivity index is 0.845. The average Bonchev–Trinajstić information content (AvgIpc) is 3.65. The number of nitrogens with one attached hydrogen (secondary N) is 2. The maximum absolute atomic E-state index is 14.6. The maximum atomic E-state index is 14.6. The molecule has 9 rings (SSSR count). The number of piperidine rings is 1. The fraction of sp³-hybridized carbons (Fsp3) is 0.397. The van der Waals surface area contributed by atoms with Crippen LogP contribution >= 0.6 is 23.4 Å². The van der Waals surface area contributed by atoms with Gasteiger partial charge in [-0.15, -0.1) is 11.8 Å². The lowest BCUT2D eigenvalue weighted by Gasteiger charge is -2.37. The van der Waals surface area contributed by atoms with Crippen molar-refractivity contribution in [3.05, 3.63) is 143 Å². The third-order valence-corrected chi connectivity index (χ3v) is 18.0. The van der Waals surface area contributed by atoms with Crippen LogP contribution in [0.4, 0.5) is 22.7 Å². The molecule has 1 atom stereocenters. The van der Waals surface area contributed by atoms with E-state index in [1.165, 1.54) is 4.90 Å². The minimum atomic E-state index is -3.86. The molecule has 6 aromatic rings. The summed E-state index contributed by atoms with van der Waals surface area (Å²) in [5.41, 5.74) is 9.21. The lowest BCUT2D eigenvalue weighted by atomic mass is 9.76. The second-order valence-corrected chi connectivity index (χ2v) is 23.6. The number of carbonyl (C=O) groups is 1. The van der Waals surface area contributed by atoms with E-state index in [2.05, 4.69) is 77.8 Å². The molecule has 1 aromatic heterocycles. The van der Waals surface area contributed by atoms with Gasteiger partial charge in [-0.1, -0.05) is 54.1 Å². The molecule has 5 aromatic carbocycles. The first-order chi connectivity index (χ1) is 34.6. The van der Waals surface area contributed by atoms with Crippen LogP contribution in [0, 0.1) is 19.8 Å². The van der Waals surface area contributed by atoms with Gasteiger partial charge in [0.15, 0.2) is 5.78 Å². The predicted octanol–water partition coefficient (Wildman–Crippen LogP) is 11.3. The number of thioether (sulfide) groups is 1. The molecule has 2 aliphatic heterocycles. The highest BCUT2D eigenvalue weighted by molar-refractivity contribution is 7.99. The van der Waals surface area contributed by atoms with Crippen LogP contribution in [0.15, 0.2) is 131 Å². The van der Waals surface area contributed by atoms with Gasteiger partial charge in [0.2, 0.25) is 0 Å². The van der Waals surface area contributed by atoms with Gasteiger partial charge in [-0.05, 0) is 161 Å². The van der Waals surface area contributed by atoms with E-state index in [-0.39, 0.29) is 28.7 Å². The van der Waals surface area contributed by atoms with Crippen LogP contribution in [0.25, 0.3) is 22.4 Å². The van der Waals surface area contributed by atoms with Gasteiger partial charge in [0, 0.05) is 120 Å². The van der Waals surface area contributed by atoms with Gasteiger partial charge >= 0.3 is 0 Å². The summed E-state index contributed by atoms with van der Waals surface area (Å²) in [6.07, 6.45) is 4.89. The van der Waals surface area contributed by atoms with E-state index in [1.54, 1.807) is 12.1 Å². The van der Waals surface area contributed by atoms with Crippen molar-refractivity contribution < 1.29 is 23.4 Å². The number of carbonyl (C=O) groups excluding carboxylic acids is 1. The fourth-order valence-electron chi connectivity index (χ4n) is 10.6. The number of aromatic nitrogens is 1. The Bertz CT molecular complexity index is 2920. The highest BCUT2D eigenvalue weighted by Crippen LogP contribution is 2.43. The van der Waals surface area contributed by atoms with Gasteiger partial charge in [-0.3, -0.25) is 9.52 Å². The van der Waals surface area contributed by atoms with Crippen molar-refractivity contribution in [2.24, 2.45) is 13.0 Å². The molecule has 3 aliphatic rings. The number of piperazine rings is 1. The van der Waals surface area contributed by atoms with Crippen molar-refractivity contribution in [3.8, 4) is 22.4 Å². The summed E-state index contributed by atoms with van der Waals surface area (Å²) in [6, 6.07) is 39.8. The third kappa shape index (κ3) is 12.2. The molecule has 1 saturated carbocycles. The van der Waals surface area contributed by atoms with E-state index in [1.807, 2.05) is 100 Å². The Kier molecular flexibility index (Phi) is 16.1. The van der Waals surface area contributed by atoms with Crippen LogP contribution in [-0.2, 0) is 17.1 Å². The molecule has 3 heterocycles. The van der Waals surface area contributed by atoms with E-state index in [9.17, 15) is 23.4 Å². The van der Waals surface area contributed by atoms with Crippen LogP contribution in [0.5, 0.6) is 0 Å². The van der Waals surface area contributed by atoms with Crippen molar-refractivity contribution in [1.29, 1.82) is 0 Å². The molecule has 14 heteroatoms. The molecule has 0 amide bonds. The minimum absolute atomic E-state index is 0.143. The Morgan fingerprint density at radius 3 is 2.12 bits per heavy atom. The number of likely N-dealkylation sites (tertiary alicyclic amines) is 1. The minimum Gasteiger partial charge on any atom is -0.393 e. The maximum Gasteiger partial charge on any atom is 0.261 e. The first kappa shape index (κ1) is 51.6. The number of nitrogens with zero attached hydrogens (tertiary/aromatic N) is 4. The van der Waals surface area contributed by atoms with Gasteiger partial charge in [0.25, 0.3) is 10.0 Å². The van der Waals surface area contributed by atoms with Gasteiger partial charge in [-0.2, -0.15) is 0 Å². The summed E-state index contributed by atoms with van der Waals surface area (Å²) in [5, 5.41) is 25.1. The van der Waals surface area contributed by atoms with E-state index in [4.69, 9.17) is 11.6 Å². The number of halogens is 1. The van der Waals surface area contributed by atoms with E-state index in [0.717, 1.165) is 127 Å². The van der Waals surface area contributed by atoms with Crippen molar-refractivity contribution >= 4 is 61.9 Å². The summed E-state index contributed by atoms with van der Waals surface area (Å²) < 4.78 is 32.5. The number of hydrogen-bond donors (Lipinski definition) is 4. The zero-order valence-corrected chi connectivity index (χ0v) is 44.4. The van der Waals surface area contributed by atoms with Crippen molar-refractivity contribution in [2.45, 2.75) is 93.3 Å². The zero-order chi connectivity index (χ0) is 50.6. The zero-order valence-electron chi connectivity index (χ0n) is 42.0. The topological polar surface area (TPSA) is 130 Å². The SMILES string of the molecule is Cc1cc(S(=O)(=O)Nc2ccc(N3CCN(c4cccc(-c5c(C(=O)C6CCC(C)(O)CC6)c(C)n(C)c5-c5ccc(Cl)cc5)c4)CC3)cc2)ccc1N[C@H](CCN1CCC(O)CC1)CSc1ccccc1. The molecule has 380 valence electrons. The lowest BCUT2D eigenvalue weighted by molar-refractivity contribution is 0.00971. The smallest absolute Gasteiger partial charge is 0.261 e. The molecule has 0 unspecified atom stereocenters. The molecule has 0 radical (unpaired) electrons. The summed E-state index contributed by atoms with van der Waals surface area (Å²) in [5.74, 6) is 0.858. The monoisotopic (exact) mass is 1030 g/mol. The van der Waals surface area contributed by atoms with Gasteiger partial charge in [-0.25, -0.2) is 8.42 Å². The molecule has 11 nitrogen and oxygen atoms in total. The summed E-state index contributed by atoms with van der Waals surface area (Å²) in [6.45, 7) is 11.7. The number of benzene rings is 5. The highest BCUT2D eigenvalue weighted by Gasteiger charge is 2.36. The Morgan fingerprint density at radius 2 is 1.46 bits per heavy atom. The van der Waals surface area contributed by atoms with Crippen LogP contribution in [0.3, 0.4) is 0 Å². The van der Waals surface area contributed by atoms with E-state index in [0.29, 0.717) is 36.4 Å². The largest absolute Gasteiger partial charge is 0.393 e. The van der Waals surface area contributed by atoms with Crippen LogP contribution in [-0.4, -0.2) is 103 Å².